The Balaban J connectivity index is 1.87. The van der Waals surface area contributed by atoms with E-state index in [0.29, 0.717) is 5.69 Å². The molecule has 1 aliphatic carbocycles. The van der Waals surface area contributed by atoms with E-state index in [1.54, 1.807) is 13.0 Å². The Morgan fingerprint density at radius 2 is 2.24 bits per heavy atom. The van der Waals surface area contributed by atoms with E-state index in [-0.39, 0.29) is 18.2 Å². The first-order valence-corrected chi connectivity index (χ1v) is 6.03. The van der Waals surface area contributed by atoms with Crippen LogP contribution in [0.5, 0.6) is 0 Å². The number of carbonyl (C=O) groups excluding carboxylic acids is 1. The van der Waals surface area contributed by atoms with Crippen LogP contribution in [-0.4, -0.2) is 28.3 Å². The van der Waals surface area contributed by atoms with Crippen molar-refractivity contribution in [1.82, 2.24) is 10.5 Å². The SMILES string of the molecule is Cc1cc(C(=O)NCC2(O)CCCCC2)on1. The summed E-state index contributed by atoms with van der Waals surface area (Å²) >= 11 is 0. The molecule has 1 amide bonds. The molecule has 1 saturated carbocycles. The summed E-state index contributed by atoms with van der Waals surface area (Å²) in [6.07, 6.45) is 4.71. The quantitative estimate of drug-likeness (QED) is 0.834. The normalized spacial score (nSPS) is 18.9. The highest BCUT2D eigenvalue weighted by Crippen LogP contribution is 2.27. The van der Waals surface area contributed by atoms with Crippen molar-refractivity contribution in [2.75, 3.05) is 6.54 Å². The first kappa shape index (κ1) is 12.1. The number of nitrogens with one attached hydrogen (secondary N) is 1. The molecule has 1 aromatic rings. The maximum absolute atomic E-state index is 11.7. The number of rotatable bonds is 3. The minimum Gasteiger partial charge on any atom is -0.388 e. The molecule has 0 atom stereocenters. The molecular formula is C12H18N2O3. The van der Waals surface area contributed by atoms with Crippen LogP contribution in [0.25, 0.3) is 0 Å². The van der Waals surface area contributed by atoms with Crippen LogP contribution in [0.2, 0.25) is 0 Å². The average Bonchev–Trinajstić information content (AvgIpc) is 2.74. The number of aliphatic hydroxyl groups is 1. The highest BCUT2D eigenvalue weighted by molar-refractivity contribution is 5.91. The highest BCUT2D eigenvalue weighted by atomic mass is 16.5. The van der Waals surface area contributed by atoms with Gasteiger partial charge in [0.15, 0.2) is 0 Å². The second-order valence-electron chi connectivity index (χ2n) is 4.80. The van der Waals surface area contributed by atoms with Crippen molar-refractivity contribution >= 4 is 5.91 Å². The molecule has 0 saturated heterocycles. The van der Waals surface area contributed by atoms with E-state index in [1.807, 2.05) is 0 Å². The molecule has 0 aliphatic heterocycles. The van der Waals surface area contributed by atoms with Crippen LogP contribution in [0.3, 0.4) is 0 Å². The van der Waals surface area contributed by atoms with Gasteiger partial charge in [0.2, 0.25) is 5.76 Å². The molecule has 1 aromatic heterocycles. The third kappa shape index (κ3) is 3.06. The topological polar surface area (TPSA) is 75.4 Å². The molecule has 0 unspecified atom stereocenters. The molecule has 5 heteroatoms. The van der Waals surface area contributed by atoms with Crippen molar-refractivity contribution in [3.8, 4) is 0 Å². The lowest BCUT2D eigenvalue weighted by Crippen LogP contribution is -2.44. The lowest BCUT2D eigenvalue weighted by molar-refractivity contribution is 0.00496. The minimum absolute atomic E-state index is 0.196. The van der Waals surface area contributed by atoms with E-state index in [2.05, 4.69) is 10.5 Å². The molecule has 1 heterocycles. The van der Waals surface area contributed by atoms with E-state index >= 15 is 0 Å². The van der Waals surface area contributed by atoms with Gasteiger partial charge in [-0.25, -0.2) is 0 Å². The summed E-state index contributed by atoms with van der Waals surface area (Å²) in [7, 11) is 0. The number of nitrogens with zero attached hydrogens (tertiary/aromatic N) is 1. The van der Waals surface area contributed by atoms with Crippen molar-refractivity contribution in [2.24, 2.45) is 0 Å². The summed E-state index contributed by atoms with van der Waals surface area (Å²) in [6, 6.07) is 1.58. The molecule has 2 N–H and O–H groups in total. The summed E-state index contributed by atoms with van der Waals surface area (Å²) in [6.45, 7) is 2.04. The molecule has 2 rings (SSSR count). The zero-order chi connectivity index (χ0) is 12.3. The predicted octanol–water partition coefficient (Wildman–Crippen LogP) is 1.41. The van der Waals surface area contributed by atoms with Gasteiger partial charge < -0.3 is 14.9 Å². The van der Waals surface area contributed by atoms with Gasteiger partial charge in [0.05, 0.1) is 11.3 Å². The van der Waals surface area contributed by atoms with Gasteiger partial charge in [0.25, 0.3) is 5.91 Å². The summed E-state index contributed by atoms with van der Waals surface area (Å²) < 4.78 is 4.86. The third-order valence-corrected chi connectivity index (χ3v) is 3.21. The Bertz CT molecular complexity index is 394. The number of hydrogen-bond donors (Lipinski definition) is 2. The maximum atomic E-state index is 11.7. The van der Waals surface area contributed by atoms with Crippen LogP contribution in [0.4, 0.5) is 0 Å². The van der Waals surface area contributed by atoms with Crippen molar-refractivity contribution < 1.29 is 14.4 Å². The largest absolute Gasteiger partial charge is 0.388 e. The first-order chi connectivity index (χ1) is 8.09. The summed E-state index contributed by atoms with van der Waals surface area (Å²) in [5.74, 6) is -0.119. The van der Waals surface area contributed by atoms with Gasteiger partial charge in [-0.3, -0.25) is 4.79 Å². The molecule has 0 bridgehead atoms. The first-order valence-electron chi connectivity index (χ1n) is 6.03. The van der Waals surface area contributed by atoms with Crippen molar-refractivity contribution in [1.29, 1.82) is 0 Å². The van der Waals surface area contributed by atoms with Crippen LogP contribution in [0.1, 0.15) is 48.4 Å². The van der Waals surface area contributed by atoms with Crippen molar-refractivity contribution in [3.05, 3.63) is 17.5 Å². The maximum Gasteiger partial charge on any atom is 0.290 e. The number of hydrogen-bond acceptors (Lipinski definition) is 4. The second-order valence-corrected chi connectivity index (χ2v) is 4.80. The van der Waals surface area contributed by atoms with Gasteiger partial charge in [-0.1, -0.05) is 24.4 Å². The molecule has 5 nitrogen and oxygen atoms in total. The highest BCUT2D eigenvalue weighted by Gasteiger charge is 2.29. The monoisotopic (exact) mass is 238 g/mol. The third-order valence-electron chi connectivity index (χ3n) is 3.21. The molecule has 0 aromatic carbocycles. The molecule has 94 valence electrons. The van der Waals surface area contributed by atoms with E-state index in [1.165, 1.54) is 0 Å². The van der Waals surface area contributed by atoms with Crippen LogP contribution in [0, 0.1) is 6.92 Å². The number of carbonyl (C=O) groups is 1. The Labute approximate surface area is 100 Å². The van der Waals surface area contributed by atoms with Crippen molar-refractivity contribution in [3.63, 3.8) is 0 Å². The molecule has 0 spiro atoms. The van der Waals surface area contributed by atoms with E-state index < -0.39 is 5.60 Å². The fourth-order valence-corrected chi connectivity index (χ4v) is 2.19. The summed E-state index contributed by atoms with van der Waals surface area (Å²) in [5, 5.41) is 16.6. The molecule has 1 fully saturated rings. The van der Waals surface area contributed by atoms with E-state index in [4.69, 9.17) is 4.52 Å². The van der Waals surface area contributed by atoms with Gasteiger partial charge in [0, 0.05) is 12.6 Å². The van der Waals surface area contributed by atoms with Crippen molar-refractivity contribution in [2.45, 2.75) is 44.6 Å². The van der Waals surface area contributed by atoms with Crippen LogP contribution < -0.4 is 5.32 Å². The average molecular weight is 238 g/mol. The Hall–Kier alpha value is -1.36. The smallest absolute Gasteiger partial charge is 0.290 e. The lowest BCUT2D eigenvalue weighted by atomic mass is 9.85. The second kappa shape index (κ2) is 4.87. The standard InChI is InChI=1S/C12H18N2O3/c1-9-7-10(17-14-9)11(15)13-8-12(16)5-3-2-4-6-12/h7,16H,2-6,8H2,1H3,(H,13,15). The summed E-state index contributed by atoms with van der Waals surface area (Å²) in [4.78, 5) is 11.7. The fraction of sp³-hybridized carbons (Fsp3) is 0.667. The lowest BCUT2D eigenvalue weighted by Gasteiger charge is -2.31. The Morgan fingerprint density at radius 1 is 1.53 bits per heavy atom. The van der Waals surface area contributed by atoms with Gasteiger partial charge in [0.1, 0.15) is 0 Å². The molecule has 17 heavy (non-hydrogen) atoms. The van der Waals surface area contributed by atoms with E-state index in [9.17, 15) is 9.90 Å². The van der Waals surface area contributed by atoms with Crippen LogP contribution in [0.15, 0.2) is 10.6 Å². The Morgan fingerprint density at radius 3 is 2.82 bits per heavy atom. The minimum atomic E-state index is -0.747. The van der Waals surface area contributed by atoms with Gasteiger partial charge in [-0.2, -0.15) is 0 Å². The molecule has 1 aliphatic rings. The Kier molecular flexibility index (Phi) is 3.47. The fourth-order valence-electron chi connectivity index (χ4n) is 2.19. The summed E-state index contributed by atoms with van der Waals surface area (Å²) in [5.41, 5.74) is -0.0743. The number of aryl methyl sites for hydroxylation is 1. The van der Waals surface area contributed by atoms with Crippen LogP contribution >= 0.6 is 0 Å². The predicted molar refractivity (Wildman–Crippen MR) is 61.6 cm³/mol. The number of amides is 1. The van der Waals surface area contributed by atoms with E-state index in [0.717, 1.165) is 32.1 Å². The molecule has 0 radical (unpaired) electrons. The number of aromatic nitrogens is 1. The van der Waals surface area contributed by atoms with Crippen LogP contribution in [-0.2, 0) is 0 Å². The van der Waals surface area contributed by atoms with Gasteiger partial charge in [-0.05, 0) is 19.8 Å². The van der Waals surface area contributed by atoms with Gasteiger partial charge >= 0.3 is 0 Å². The zero-order valence-electron chi connectivity index (χ0n) is 10.0. The zero-order valence-corrected chi connectivity index (χ0v) is 10.0. The molecular weight excluding hydrogens is 220 g/mol. The van der Waals surface area contributed by atoms with Gasteiger partial charge in [-0.15, -0.1) is 0 Å².